The molecule has 12 heteroatoms. The third-order valence-electron chi connectivity index (χ3n) is 3.55. The maximum absolute atomic E-state index is 10.6. The zero-order chi connectivity index (χ0) is 21.4. The molecule has 3 heterocycles. The van der Waals surface area contributed by atoms with Crippen LogP contribution in [0.1, 0.15) is 22.0 Å². The Morgan fingerprint density at radius 2 is 2.10 bits per heavy atom. The molecule has 2 N–H and O–H groups in total. The number of nitrogens with one attached hydrogen (secondary N) is 1. The van der Waals surface area contributed by atoms with Crippen LogP contribution >= 0.6 is 11.5 Å². The zero-order valence-corrected chi connectivity index (χ0v) is 16.2. The minimum absolute atomic E-state index is 0.0375. The summed E-state index contributed by atoms with van der Waals surface area (Å²) in [6.07, 6.45) is 2.45. The summed E-state index contributed by atoms with van der Waals surface area (Å²) in [4.78, 5) is 14.2. The summed E-state index contributed by atoms with van der Waals surface area (Å²) in [6, 6.07) is 5.98. The number of nitrogens with zero attached hydrogens (tertiary/aromatic N) is 4. The first-order chi connectivity index (χ1) is 13.7. The number of alkyl halides is 3. The molecule has 0 aliphatic heterocycles. The smallest absolute Gasteiger partial charge is 0.480 e. The average Bonchev–Trinajstić information content (AvgIpc) is 3.31. The maximum Gasteiger partial charge on any atom is 0.490 e. The van der Waals surface area contributed by atoms with Gasteiger partial charge in [0.2, 0.25) is 5.88 Å². The average molecular weight is 429 g/mol. The van der Waals surface area contributed by atoms with Crippen molar-refractivity contribution in [3.05, 3.63) is 59.0 Å². The van der Waals surface area contributed by atoms with E-state index in [2.05, 4.69) is 25.8 Å². The van der Waals surface area contributed by atoms with E-state index >= 15 is 0 Å². The Morgan fingerprint density at radius 3 is 2.59 bits per heavy atom. The van der Waals surface area contributed by atoms with Gasteiger partial charge in [-0.05, 0) is 23.2 Å². The fraction of sp³-hybridized carbons (Fsp3) is 0.294. The molecular formula is C17H18F3N5O3S. The van der Waals surface area contributed by atoms with Crippen LogP contribution in [0.25, 0.3) is 0 Å². The van der Waals surface area contributed by atoms with E-state index in [-0.39, 0.29) is 6.04 Å². The van der Waals surface area contributed by atoms with Crippen LogP contribution < -0.4 is 10.1 Å². The fourth-order valence-corrected chi connectivity index (χ4v) is 2.88. The molecule has 0 aliphatic rings. The van der Waals surface area contributed by atoms with Gasteiger partial charge in [-0.3, -0.25) is 9.67 Å². The standard InChI is InChI=1S/C15H17N5OS.C2HF3O2/c1-20-10-12(8-18-20)15(11-4-3-5-16-7-11)17-9-13-6-14(21-2)19-22-13;3-2(4,5)1(6)7/h3-8,10,15,17H,9H2,1-2H3;(H,6,7). The number of carboxylic acid groups (broad SMARTS) is 1. The van der Waals surface area contributed by atoms with Gasteiger partial charge in [0.1, 0.15) is 0 Å². The van der Waals surface area contributed by atoms with Gasteiger partial charge in [-0.25, -0.2) is 4.79 Å². The number of pyridine rings is 1. The molecule has 0 saturated heterocycles. The van der Waals surface area contributed by atoms with Crippen LogP contribution in [0, 0.1) is 0 Å². The van der Waals surface area contributed by atoms with Crippen LogP contribution in [0.15, 0.2) is 43.0 Å². The number of aliphatic carboxylic acids is 1. The van der Waals surface area contributed by atoms with Gasteiger partial charge in [0, 0.05) is 48.7 Å². The maximum atomic E-state index is 10.6. The molecule has 3 aromatic heterocycles. The van der Waals surface area contributed by atoms with Crippen molar-refractivity contribution in [3.63, 3.8) is 0 Å². The van der Waals surface area contributed by atoms with Crippen LogP contribution in [-0.2, 0) is 18.4 Å². The lowest BCUT2D eigenvalue weighted by atomic mass is 10.0. The number of methoxy groups -OCH3 is 1. The Kier molecular flexibility index (Phi) is 7.67. The van der Waals surface area contributed by atoms with E-state index in [1.54, 1.807) is 18.0 Å². The second kappa shape index (κ2) is 9.98. The fourth-order valence-electron chi connectivity index (χ4n) is 2.24. The molecule has 0 bridgehead atoms. The van der Waals surface area contributed by atoms with Crippen molar-refractivity contribution in [2.24, 2.45) is 7.05 Å². The highest BCUT2D eigenvalue weighted by molar-refractivity contribution is 7.05. The Labute approximate surface area is 168 Å². The lowest BCUT2D eigenvalue weighted by Gasteiger charge is -2.17. The monoisotopic (exact) mass is 429 g/mol. The Morgan fingerprint density at radius 1 is 1.38 bits per heavy atom. The molecule has 29 heavy (non-hydrogen) atoms. The van der Waals surface area contributed by atoms with Crippen molar-refractivity contribution in [3.8, 4) is 5.88 Å². The quantitative estimate of drug-likeness (QED) is 0.621. The van der Waals surface area contributed by atoms with Gasteiger partial charge in [-0.1, -0.05) is 6.07 Å². The number of aromatic nitrogens is 4. The summed E-state index contributed by atoms with van der Waals surface area (Å²) in [5, 5.41) is 14.9. The zero-order valence-electron chi connectivity index (χ0n) is 15.4. The lowest BCUT2D eigenvalue weighted by Crippen LogP contribution is -2.21. The largest absolute Gasteiger partial charge is 0.490 e. The summed E-state index contributed by atoms with van der Waals surface area (Å²) in [5.74, 6) is -2.10. The van der Waals surface area contributed by atoms with Crippen LogP contribution in [0.5, 0.6) is 5.88 Å². The van der Waals surface area contributed by atoms with Gasteiger partial charge in [0.15, 0.2) is 0 Å². The Hall–Kier alpha value is -2.99. The third kappa shape index (κ3) is 6.84. The van der Waals surface area contributed by atoms with Crippen molar-refractivity contribution in [1.82, 2.24) is 24.5 Å². The van der Waals surface area contributed by atoms with E-state index in [9.17, 15) is 13.2 Å². The molecule has 0 aromatic carbocycles. The summed E-state index contributed by atoms with van der Waals surface area (Å²) >= 11 is 1.44. The van der Waals surface area contributed by atoms with E-state index in [4.69, 9.17) is 14.6 Å². The molecule has 0 saturated carbocycles. The molecule has 0 radical (unpaired) electrons. The summed E-state index contributed by atoms with van der Waals surface area (Å²) < 4.78 is 42.9. The first kappa shape index (κ1) is 22.3. The van der Waals surface area contributed by atoms with Crippen LogP contribution in [0.2, 0.25) is 0 Å². The van der Waals surface area contributed by atoms with Crippen molar-refractivity contribution >= 4 is 17.5 Å². The summed E-state index contributed by atoms with van der Waals surface area (Å²) in [5.41, 5.74) is 2.21. The van der Waals surface area contributed by atoms with Gasteiger partial charge in [-0.15, -0.1) is 0 Å². The van der Waals surface area contributed by atoms with Gasteiger partial charge in [0.25, 0.3) is 0 Å². The van der Waals surface area contributed by atoms with Crippen LogP contribution in [0.3, 0.4) is 0 Å². The van der Waals surface area contributed by atoms with Crippen molar-refractivity contribution < 1.29 is 27.8 Å². The molecule has 3 rings (SSSR count). The second-order valence-electron chi connectivity index (χ2n) is 5.69. The second-order valence-corrected chi connectivity index (χ2v) is 6.58. The van der Waals surface area contributed by atoms with E-state index in [0.717, 1.165) is 16.0 Å². The molecule has 156 valence electrons. The van der Waals surface area contributed by atoms with Gasteiger partial charge in [-0.2, -0.15) is 22.6 Å². The highest BCUT2D eigenvalue weighted by atomic mass is 32.1. The molecule has 3 aromatic rings. The first-order valence-corrected chi connectivity index (χ1v) is 8.89. The SMILES string of the molecule is COc1cc(CNC(c2cccnc2)c2cnn(C)c2)sn1.O=C(O)C(F)(F)F. The number of halogens is 3. The summed E-state index contributed by atoms with van der Waals surface area (Å²) in [6.45, 7) is 0.704. The predicted octanol–water partition coefficient (Wildman–Crippen LogP) is 2.79. The lowest BCUT2D eigenvalue weighted by molar-refractivity contribution is -0.192. The number of rotatable bonds is 6. The topological polar surface area (TPSA) is 102 Å². The molecule has 0 fully saturated rings. The number of ether oxygens (including phenoxy) is 1. The third-order valence-corrected chi connectivity index (χ3v) is 4.31. The van der Waals surface area contributed by atoms with Crippen molar-refractivity contribution in [2.75, 3.05) is 7.11 Å². The highest BCUT2D eigenvalue weighted by Crippen LogP contribution is 2.23. The number of hydrogen-bond acceptors (Lipinski definition) is 7. The number of carboxylic acids is 1. The molecular weight excluding hydrogens is 411 g/mol. The molecule has 8 nitrogen and oxygen atoms in total. The van der Waals surface area contributed by atoms with E-state index < -0.39 is 12.1 Å². The van der Waals surface area contributed by atoms with Gasteiger partial charge < -0.3 is 15.2 Å². The molecule has 0 aliphatic carbocycles. The van der Waals surface area contributed by atoms with Crippen LogP contribution in [0.4, 0.5) is 13.2 Å². The summed E-state index contributed by atoms with van der Waals surface area (Å²) in [7, 11) is 3.54. The highest BCUT2D eigenvalue weighted by Gasteiger charge is 2.38. The number of aryl methyl sites for hydroxylation is 1. The van der Waals surface area contributed by atoms with Gasteiger partial charge in [0.05, 0.1) is 19.3 Å². The normalized spacial score (nSPS) is 12.0. The Bertz CT molecular complexity index is 914. The van der Waals surface area contributed by atoms with E-state index in [1.165, 1.54) is 11.5 Å². The predicted molar refractivity (Wildman–Crippen MR) is 98.5 cm³/mol. The molecule has 1 atom stereocenters. The number of hydrogen-bond donors (Lipinski definition) is 2. The number of carbonyl (C=O) groups is 1. The van der Waals surface area contributed by atoms with Crippen molar-refractivity contribution in [1.29, 1.82) is 0 Å². The first-order valence-electron chi connectivity index (χ1n) is 8.12. The Balaban J connectivity index is 0.000000370. The molecule has 0 amide bonds. The minimum Gasteiger partial charge on any atom is -0.480 e. The van der Waals surface area contributed by atoms with E-state index in [1.807, 2.05) is 37.8 Å². The molecule has 1 unspecified atom stereocenters. The van der Waals surface area contributed by atoms with Gasteiger partial charge >= 0.3 is 12.1 Å². The minimum atomic E-state index is -5.08. The van der Waals surface area contributed by atoms with Crippen molar-refractivity contribution in [2.45, 2.75) is 18.8 Å². The molecule has 0 spiro atoms. The van der Waals surface area contributed by atoms with E-state index in [0.29, 0.717) is 12.4 Å². The van der Waals surface area contributed by atoms with Crippen LogP contribution in [-0.4, -0.2) is 43.5 Å².